The van der Waals surface area contributed by atoms with E-state index in [1.807, 2.05) is 53.7 Å². The number of hydrogen-bond acceptors (Lipinski definition) is 4. The molecule has 0 aliphatic rings. The molecule has 6 heteroatoms. The lowest BCUT2D eigenvalue weighted by Gasteiger charge is -2.27. The Hall–Kier alpha value is -2.18. The van der Waals surface area contributed by atoms with E-state index in [-0.39, 0.29) is 5.91 Å². The van der Waals surface area contributed by atoms with Crippen LogP contribution >= 0.6 is 11.3 Å². The highest BCUT2D eigenvalue weighted by Crippen LogP contribution is 2.22. The van der Waals surface area contributed by atoms with Crippen molar-refractivity contribution in [1.29, 1.82) is 0 Å². The second-order valence-electron chi connectivity index (χ2n) is 5.21. The fraction of sp³-hybridized carbons (Fsp3) is 0.294. The molecule has 0 fully saturated rings. The Morgan fingerprint density at radius 3 is 2.57 bits per heavy atom. The first-order valence-corrected chi connectivity index (χ1v) is 8.41. The van der Waals surface area contributed by atoms with Crippen LogP contribution in [0.15, 0.2) is 47.2 Å². The molecule has 0 aliphatic heterocycles. The molecule has 1 aromatic heterocycles. The second kappa shape index (κ2) is 8.45. The number of benzene rings is 1. The summed E-state index contributed by atoms with van der Waals surface area (Å²) in [5.41, 5.74) is 2.00. The molecule has 2 N–H and O–H groups in total. The van der Waals surface area contributed by atoms with Gasteiger partial charge >= 0.3 is 6.03 Å². The van der Waals surface area contributed by atoms with Crippen molar-refractivity contribution in [3.8, 4) is 0 Å². The lowest BCUT2D eigenvalue weighted by molar-refractivity contribution is -0.125. The van der Waals surface area contributed by atoms with Gasteiger partial charge in [0.2, 0.25) is 5.91 Å². The number of nitrogens with zero attached hydrogens (tertiary/aromatic N) is 1. The third-order valence-corrected chi connectivity index (χ3v) is 4.12. The van der Waals surface area contributed by atoms with E-state index < -0.39 is 12.1 Å². The minimum atomic E-state index is -0.529. The Kier molecular flexibility index (Phi) is 6.31. The molecular formula is C17H21N3O2S. The predicted octanol–water partition coefficient (Wildman–Crippen LogP) is 2.77. The summed E-state index contributed by atoms with van der Waals surface area (Å²) < 4.78 is 0. The average molecular weight is 331 g/mol. The van der Waals surface area contributed by atoms with Crippen LogP contribution < -0.4 is 10.6 Å². The van der Waals surface area contributed by atoms with Crippen LogP contribution in [-0.4, -0.2) is 30.4 Å². The van der Waals surface area contributed by atoms with Crippen molar-refractivity contribution >= 4 is 23.3 Å². The van der Waals surface area contributed by atoms with Crippen LogP contribution in [0.2, 0.25) is 0 Å². The molecule has 0 saturated carbocycles. The maximum Gasteiger partial charge on any atom is 0.321 e. The molecular weight excluding hydrogens is 310 g/mol. The van der Waals surface area contributed by atoms with Crippen molar-refractivity contribution in [2.24, 2.45) is 0 Å². The zero-order chi connectivity index (χ0) is 16.7. The zero-order valence-electron chi connectivity index (χ0n) is 13.3. The predicted molar refractivity (Wildman–Crippen MR) is 92.2 cm³/mol. The fourth-order valence-electron chi connectivity index (χ4n) is 2.39. The zero-order valence-corrected chi connectivity index (χ0v) is 14.1. The van der Waals surface area contributed by atoms with E-state index in [0.29, 0.717) is 13.1 Å². The molecule has 0 bridgehead atoms. The Morgan fingerprint density at radius 2 is 1.96 bits per heavy atom. The molecule has 23 heavy (non-hydrogen) atoms. The van der Waals surface area contributed by atoms with Crippen molar-refractivity contribution in [2.45, 2.75) is 19.5 Å². The van der Waals surface area contributed by atoms with E-state index >= 15 is 0 Å². The first kappa shape index (κ1) is 17.2. The maximum absolute atomic E-state index is 12.6. The normalized spacial score (nSPS) is 12.0. The fourth-order valence-corrected chi connectivity index (χ4v) is 3.05. The van der Waals surface area contributed by atoms with Gasteiger partial charge in [0.1, 0.15) is 6.04 Å². The minimum absolute atomic E-state index is 0.333. The number of thiophene rings is 1. The van der Waals surface area contributed by atoms with Crippen LogP contribution in [0.5, 0.6) is 0 Å². The van der Waals surface area contributed by atoms with Crippen molar-refractivity contribution < 1.29 is 9.59 Å². The van der Waals surface area contributed by atoms with E-state index in [4.69, 9.17) is 0 Å². The number of carbonyl (C=O) groups is 2. The summed E-state index contributed by atoms with van der Waals surface area (Å²) in [6.07, 6.45) is 0. The molecule has 1 aromatic carbocycles. The molecule has 2 aromatic rings. The highest BCUT2D eigenvalue weighted by atomic mass is 32.1. The van der Waals surface area contributed by atoms with Crippen LogP contribution in [0.25, 0.3) is 0 Å². The van der Waals surface area contributed by atoms with E-state index in [0.717, 1.165) is 11.1 Å². The number of amides is 3. The van der Waals surface area contributed by atoms with Gasteiger partial charge in [0.15, 0.2) is 0 Å². The molecule has 122 valence electrons. The molecule has 1 atom stereocenters. The monoisotopic (exact) mass is 331 g/mol. The third kappa shape index (κ3) is 4.91. The van der Waals surface area contributed by atoms with Gasteiger partial charge in [-0.1, -0.05) is 30.3 Å². The van der Waals surface area contributed by atoms with E-state index in [1.165, 1.54) is 0 Å². The number of carbonyl (C=O) groups excluding carboxylic acids is 2. The lowest BCUT2D eigenvalue weighted by Crippen LogP contribution is -2.45. The molecule has 0 aliphatic carbocycles. The second-order valence-corrected chi connectivity index (χ2v) is 5.99. The quantitative estimate of drug-likeness (QED) is 0.855. The van der Waals surface area contributed by atoms with Gasteiger partial charge in [0.05, 0.1) is 0 Å². The number of nitrogens with one attached hydrogen (secondary N) is 2. The molecule has 3 amide bonds. The summed E-state index contributed by atoms with van der Waals surface area (Å²) in [6.45, 7) is 2.91. The lowest BCUT2D eigenvalue weighted by atomic mass is 10.0. The Morgan fingerprint density at radius 1 is 1.22 bits per heavy atom. The summed E-state index contributed by atoms with van der Waals surface area (Å²) in [5.74, 6) is -0.333. The molecule has 2 rings (SSSR count). The topological polar surface area (TPSA) is 61.4 Å². The average Bonchev–Trinajstić information content (AvgIpc) is 3.01. The van der Waals surface area contributed by atoms with E-state index in [2.05, 4.69) is 16.0 Å². The summed E-state index contributed by atoms with van der Waals surface area (Å²) >= 11 is 1.62. The highest BCUT2D eigenvalue weighted by Gasteiger charge is 2.26. The van der Waals surface area contributed by atoms with Crippen LogP contribution in [0.4, 0.5) is 4.79 Å². The van der Waals surface area contributed by atoms with Gasteiger partial charge in [0, 0.05) is 13.1 Å². The van der Waals surface area contributed by atoms with Gasteiger partial charge in [-0.3, -0.25) is 15.0 Å². The summed E-state index contributed by atoms with van der Waals surface area (Å²) in [5, 5.41) is 9.06. The smallest absolute Gasteiger partial charge is 0.321 e. The SMILES string of the molecule is CCNC(=O)NC(=O)[C@@H](c1ccccc1)N(C)Cc1ccsc1. The first-order valence-electron chi connectivity index (χ1n) is 7.46. The summed E-state index contributed by atoms with van der Waals surface area (Å²) in [4.78, 5) is 26.2. The Balaban J connectivity index is 2.17. The molecule has 0 radical (unpaired) electrons. The van der Waals surface area contributed by atoms with Crippen LogP contribution in [0, 0.1) is 0 Å². The maximum atomic E-state index is 12.6. The van der Waals surface area contributed by atoms with Gasteiger partial charge in [-0.25, -0.2) is 4.79 Å². The number of imide groups is 1. The van der Waals surface area contributed by atoms with Crippen molar-refractivity contribution in [3.05, 3.63) is 58.3 Å². The van der Waals surface area contributed by atoms with Crippen LogP contribution in [-0.2, 0) is 11.3 Å². The number of rotatable bonds is 6. The van der Waals surface area contributed by atoms with Crippen molar-refractivity contribution in [3.63, 3.8) is 0 Å². The van der Waals surface area contributed by atoms with Crippen molar-refractivity contribution in [2.75, 3.05) is 13.6 Å². The number of urea groups is 1. The van der Waals surface area contributed by atoms with Gasteiger partial charge < -0.3 is 5.32 Å². The standard InChI is InChI=1S/C17H21N3O2S/c1-3-18-17(22)19-16(21)15(14-7-5-4-6-8-14)20(2)11-13-9-10-23-12-13/h4-10,12,15H,3,11H2,1-2H3,(H2,18,19,21,22)/t15-/m1/s1. The van der Waals surface area contributed by atoms with Gasteiger partial charge in [0.25, 0.3) is 0 Å². The first-order chi connectivity index (χ1) is 11.1. The van der Waals surface area contributed by atoms with Gasteiger partial charge in [-0.2, -0.15) is 11.3 Å². The van der Waals surface area contributed by atoms with Crippen LogP contribution in [0.1, 0.15) is 24.1 Å². The molecule has 0 spiro atoms. The number of hydrogen-bond donors (Lipinski definition) is 2. The molecule has 0 saturated heterocycles. The summed E-state index contributed by atoms with van der Waals surface area (Å²) in [7, 11) is 1.88. The minimum Gasteiger partial charge on any atom is -0.338 e. The molecule has 1 heterocycles. The van der Waals surface area contributed by atoms with E-state index in [1.54, 1.807) is 18.3 Å². The van der Waals surface area contributed by atoms with E-state index in [9.17, 15) is 9.59 Å². The Labute approximate surface area is 140 Å². The van der Waals surface area contributed by atoms with Gasteiger partial charge in [-0.15, -0.1) is 0 Å². The summed E-state index contributed by atoms with van der Waals surface area (Å²) in [6, 6.07) is 10.5. The largest absolute Gasteiger partial charge is 0.338 e. The Bertz CT molecular complexity index is 629. The number of likely N-dealkylation sites (N-methyl/N-ethyl adjacent to an activating group) is 1. The molecule has 5 nitrogen and oxygen atoms in total. The highest BCUT2D eigenvalue weighted by molar-refractivity contribution is 7.07. The van der Waals surface area contributed by atoms with Gasteiger partial charge in [-0.05, 0) is 41.9 Å². The van der Waals surface area contributed by atoms with Crippen LogP contribution in [0.3, 0.4) is 0 Å². The van der Waals surface area contributed by atoms with Crippen molar-refractivity contribution in [1.82, 2.24) is 15.5 Å². The third-order valence-electron chi connectivity index (χ3n) is 3.39. The molecule has 0 unspecified atom stereocenters.